The van der Waals surface area contributed by atoms with Crippen LogP contribution in [-0.4, -0.2) is 43.0 Å². The highest BCUT2D eigenvalue weighted by atomic mass is 35.5. The standard InChI is InChI=1S/C16H21Cl2N3O3.ClH/c17-12-4-5-14(13(18)10-12)24-11-16(23)20-19-15(22)6-9-21-7-2-1-3-8-21;/h4-5,10H,1-3,6-9,11H2,(H,19,22)(H,20,23);1H/p-1. The molecule has 140 valence electrons. The Morgan fingerprint density at radius 3 is 2.44 bits per heavy atom. The monoisotopic (exact) mass is 408 g/mol. The molecule has 25 heavy (non-hydrogen) atoms. The number of hydrogen-bond donors (Lipinski definition) is 2. The number of benzene rings is 1. The van der Waals surface area contributed by atoms with Crippen LogP contribution < -0.4 is 28.0 Å². The summed E-state index contributed by atoms with van der Waals surface area (Å²) in [4.78, 5) is 25.7. The van der Waals surface area contributed by atoms with Crippen molar-refractivity contribution in [3.05, 3.63) is 28.2 Å². The maximum absolute atomic E-state index is 11.7. The predicted octanol–water partition coefficient (Wildman–Crippen LogP) is -0.600. The second-order valence-electron chi connectivity index (χ2n) is 5.61. The van der Waals surface area contributed by atoms with Crippen LogP contribution >= 0.6 is 23.2 Å². The number of ether oxygens (including phenoxy) is 1. The van der Waals surface area contributed by atoms with Gasteiger partial charge in [0.05, 0.1) is 5.02 Å². The Bertz CT molecular complexity index is 581. The van der Waals surface area contributed by atoms with Crippen LogP contribution in [0.5, 0.6) is 5.75 Å². The largest absolute Gasteiger partial charge is 1.00 e. The highest BCUT2D eigenvalue weighted by molar-refractivity contribution is 6.35. The van der Waals surface area contributed by atoms with E-state index in [0.717, 1.165) is 13.1 Å². The summed E-state index contributed by atoms with van der Waals surface area (Å²) in [5.74, 6) is -0.335. The molecule has 0 bridgehead atoms. The van der Waals surface area contributed by atoms with E-state index in [1.807, 2.05) is 0 Å². The van der Waals surface area contributed by atoms with Crippen LogP contribution in [0.1, 0.15) is 25.7 Å². The molecular formula is C16H21Cl3N3O3-. The molecule has 1 heterocycles. The van der Waals surface area contributed by atoms with Crippen molar-refractivity contribution >= 4 is 35.0 Å². The summed E-state index contributed by atoms with van der Waals surface area (Å²) in [7, 11) is 0. The SMILES string of the molecule is O=C(CCN1CCCCC1)NNC(=O)COc1ccc(Cl)cc1Cl.[Cl-]. The number of carbonyl (C=O) groups is 2. The lowest BCUT2D eigenvalue weighted by Gasteiger charge is -2.25. The van der Waals surface area contributed by atoms with E-state index in [-0.39, 0.29) is 24.9 Å². The fourth-order valence-electron chi connectivity index (χ4n) is 2.42. The number of rotatable bonds is 6. The Hall–Kier alpha value is -1.21. The summed E-state index contributed by atoms with van der Waals surface area (Å²) in [6.45, 7) is 2.52. The zero-order valence-electron chi connectivity index (χ0n) is 13.7. The number of hydrogen-bond acceptors (Lipinski definition) is 4. The molecule has 1 aromatic rings. The average Bonchev–Trinajstić information content (AvgIpc) is 2.58. The smallest absolute Gasteiger partial charge is 0.276 e. The zero-order chi connectivity index (χ0) is 17.4. The van der Waals surface area contributed by atoms with Gasteiger partial charge in [0.25, 0.3) is 5.91 Å². The fraction of sp³-hybridized carbons (Fsp3) is 0.500. The molecule has 2 N–H and O–H groups in total. The first-order chi connectivity index (χ1) is 11.5. The number of nitrogens with zero attached hydrogens (tertiary/aromatic N) is 1. The van der Waals surface area contributed by atoms with Crippen LogP contribution in [0.15, 0.2) is 18.2 Å². The summed E-state index contributed by atoms with van der Waals surface area (Å²) in [6.07, 6.45) is 3.98. The molecule has 0 spiro atoms. The highest BCUT2D eigenvalue weighted by Crippen LogP contribution is 2.27. The second-order valence-corrected chi connectivity index (χ2v) is 6.46. The van der Waals surface area contributed by atoms with E-state index >= 15 is 0 Å². The Kier molecular flexibility index (Phi) is 9.97. The molecule has 1 saturated heterocycles. The fourth-order valence-corrected chi connectivity index (χ4v) is 2.88. The molecule has 6 nitrogen and oxygen atoms in total. The quantitative estimate of drug-likeness (QED) is 0.616. The van der Waals surface area contributed by atoms with E-state index in [9.17, 15) is 9.59 Å². The highest BCUT2D eigenvalue weighted by Gasteiger charge is 2.12. The van der Waals surface area contributed by atoms with Gasteiger partial charge in [-0.25, -0.2) is 0 Å². The third kappa shape index (κ3) is 8.14. The van der Waals surface area contributed by atoms with Crippen molar-refractivity contribution in [2.45, 2.75) is 25.7 Å². The van der Waals surface area contributed by atoms with Crippen LogP contribution in [0.25, 0.3) is 0 Å². The van der Waals surface area contributed by atoms with Crippen LogP contribution in [0.3, 0.4) is 0 Å². The van der Waals surface area contributed by atoms with Crippen molar-refractivity contribution in [1.82, 2.24) is 15.8 Å². The molecule has 9 heteroatoms. The first kappa shape index (κ1) is 21.8. The first-order valence-electron chi connectivity index (χ1n) is 7.92. The first-order valence-corrected chi connectivity index (χ1v) is 8.68. The summed E-state index contributed by atoms with van der Waals surface area (Å²) in [5, 5.41) is 0.804. The molecule has 1 aromatic carbocycles. The normalized spacial score (nSPS) is 14.3. The number of amides is 2. The van der Waals surface area contributed by atoms with Crippen LogP contribution in [-0.2, 0) is 9.59 Å². The van der Waals surface area contributed by atoms with Gasteiger partial charge < -0.3 is 22.0 Å². The Morgan fingerprint density at radius 2 is 1.76 bits per heavy atom. The molecule has 0 saturated carbocycles. The zero-order valence-corrected chi connectivity index (χ0v) is 16.0. The summed E-state index contributed by atoms with van der Waals surface area (Å²) in [6, 6.07) is 4.72. The van der Waals surface area contributed by atoms with Crippen LogP contribution in [0.2, 0.25) is 10.0 Å². The third-order valence-electron chi connectivity index (χ3n) is 3.70. The van der Waals surface area contributed by atoms with Gasteiger partial charge >= 0.3 is 0 Å². The van der Waals surface area contributed by atoms with Gasteiger partial charge in [0.2, 0.25) is 5.91 Å². The lowest BCUT2D eigenvalue weighted by atomic mass is 10.1. The van der Waals surface area contributed by atoms with Crippen molar-refractivity contribution in [2.24, 2.45) is 0 Å². The second kappa shape index (κ2) is 11.4. The maximum atomic E-state index is 11.7. The maximum Gasteiger partial charge on any atom is 0.276 e. The van der Waals surface area contributed by atoms with Gasteiger partial charge in [0, 0.05) is 18.0 Å². The van der Waals surface area contributed by atoms with Crippen molar-refractivity contribution in [1.29, 1.82) is 0 Å². The van der Waals surface area contributed by atoms with Gasteiger partial charge in [-0.15, -0.1) is 0 Å². The average molecular weight is 410 g/mol. The van der Waals surface area contributed by atoms with E-state index in [0.29, 0.717) is 28.8 Å². The molecule has 1 aliphatic heterocycles. The molecule has 0 aliphatic carbocycles. The topological polar surface area (TPSA) is 70.7 Å². The molecule has 2 amide bonds. The molecule has 0 aromatic heterocycles. The number of carbonyl (C=O) groups excluding carboxylic acids is 2. The van der Waals surface area contributed by atoms with E-state index < -0.39 is 5.91 Å². The molecule has 0 unspecified atom stereocenters. The Labute approximate surface area is 163 Å². The number of hydrazine groups is 1. The Morgan fingerprint density at radius 1 is 1.08 bits per heavy atom. The van der Waals surface area contributed by atoms with E-state index in [2.05, 4.69) is 15.8 Å². The van der Waals surface area contributed by atoms with Crippen LogP contribution in [0.4, 0.5) is 0 Å². The van der Waals surface area contributed by atoms with E-state index in [1.165, 1.54) is 25.3 Å². The molecule has 1 fully saturated rings. The lowest BCUT2D eigenvalue weighted by molar-refractivity contribution is -0.130. The minimum atomic E-state index is -0.465. The predicted molar refractivity (Wildman–Crippen MR) is 93.2 cm³/mol. The van der Waals surface area contributed by atoms with Crippen molar-refractivity contribution < 1.29 is 26.7 Å². The van der Waals surface area contributed by atoms with Crippen molar-refractivity contribution in [3.8, 4) is 5.75 Å². The minimum absolute atomic E-state index is 0. The molecule has 0 radical (unpaired) electrons. The lowest BCUT2D eigenvalue weighted by Crippen LogP contribution is -3.00. The molecule has 2 rings (SSSR count). The van der Waals surface area contributed by atoms with Crippen molar-refractivity contribution in [3.63, 3.8) is 0 Å². The van der Waals surface area contributed by atoms with E-state index in [4.69, 9.17) is 27.9 Å². The number of nitrogens with one attached hydrogen (secondary N) is 2. The summed E-state index contributed by atoms with van der Waals surface area (Å²) >= 11 is 11.7. The van der Waals surface area contributed by atoms with Gasteiger partial charge in [-0.05, 0) is 44.1 Å². The van der Waals surface area contributed by atoms with Gasteiger partial charge in [0.1, 0.15) is 5.75 Å². The van der Waals surface area contributed by atoms with Gasteiger partial charge in [-0.2, -0.15) is 0 Å². The number of piperidine rings is 1. The Balaban J connectivity index is 0.00000312. The van der Waals surface area contributed by atoms with Gasteiger partial charge in [-0.1, -0.05) is 29.6 Å². The third-order valence-corrected chi connectivity index (χ3v) is 4.23. The van der Waals surface area contributed by atoms with Crippen molar-refractivity contribution in [2.75, 3.05) is 26.2 Å². The molecule has 1 aliphatic rings. The summed E-state index contributed by atoms with van der Waals surface area (Å²) < 4.78 is 5.28. The van der Waals surface area contributed by atoms with Crippen LogP contribution in [0, 0.1) is 0 Å². The van der Waals surface area contributed by atoms with Gasteiger partial charge in [0.15, 0.2) is 6.61 Å². The molecular weight excluding hydrogens is 389 g/mol. The van der Waals surface area contributed by atoms with Gasteiger partial charge in [-0.3, -0.25) is 20.4 Å². The number of halogens is 3. The summed E-state index contributed by atoms with van der Waals surface area (Å²) in [5.41, 5.74) is 4.70. The minimum Gasteiger partial charge on any atom is -1.00 e. The van der Waals surface area contributed by atoms with E-state index in [1.54, 1.807) is 12.1 Å². The molecule has 0 atom stereocenters. The number of likely N-dealkylation sites (tertiary alicyclic amines) is 1.